The van der Waals surface area contributed by atoms with Crippen molar-refractivity contribution < 1.29 is 4.79 Å². The second-order valence-corrected chi connectivity index (χ2v) is 7.18. The second-order valence-electron chi connectivity index (χ2n) is 7.18. The van der Waals surface area contributed by atoms with Crippen molar-refractivity contribution in [3.05, 3.63) is 59.7 Å². The Balaban J connectivity index is 2.13. The lowest BCUT2D eigenvalue weighted by Crippen LogP contribution is -2.12. The minimum atomic E-state index is 0.0326. The van der Waals surface area contributed by atoms with Crippen LogP contribution in [0.3, 0.4) is 0 Å². The molecule has 0 aliphatic rings. The van der Waals surface area contributed by atoms with Crippen LogP contribution in [0.1, 0.15) is 56.5 Å². The molecule has 1 heteroatoms. The fourth-order valence-electron chi connectivity index (χ4n) is 2.58. The van der Waals surface area contributed by atoms with Crippen molar-refractivity contribution in [2.24, 2.45) is 5.41 Å². The van der Waals surface area contributed by atoms with Crippen molar-refractivity contribution in [1.82, 2.24) is 0 Å². The highest BCUT2D eigenvalue weighted by molar-refractivity contribution is 5.96. The summed E-state index contributed by atoms with van der Waals surface area (Å²) in [5.41, 5.74) is 4.58. The molecule has 0 heterocycles. The van der Waals surface area contributed by atoms with Gasteiger partial charge in [-0.2, -0.15) is 0 Å². The fourth-order valence-corrected chi connectivity index (χ4v) is 2.58. The molecule has 0 fully saturated rings. The largest absolute Gasteiger partial charge is 0.294 e. The highest BCUT2D eigenvalue weighted by Crippen LogP contribution is 2.24. The average molecular weight is 294 g/mol. The smallest absolute Gasteiger partial charge is 0.163 e. The van der Waals surface area contributed by atoms with Crippen LogP contribution in [-0.4, -0.2) is 5.78 Å². The van der Waals surface area contributed by atoms with Gasteiger partial charge in [-0.25, -0.2) is 0 Å². The zero-order chi connectivity index (χ0) is 16.2. The third kappa shape index (κ3) is 4.56. The summed E-state index contributed by atoms with van der Waals surface area (Å²) in [6.45, 7) is 8.48. The first-order chi connectivity index (χ1) is 10.4. The Kier molecular flexibility index (Phi) is 5.18. The Morgan fingerprint density at radius 2 is 1.36 bits per heavy atom. The van der Waals surface area contributed by atoms with Gasteiger partial charge in [0.25, 0.3) is 0 Å². The number of benzene rings is 2. The van der Waals surface area contributed by atoms with E-state index in [1.54, 1.807) is 0 Å². The van der Waals surface area contributed by atoms with E-state index in [-0.39, 0.29) is 11.2 Å². The van der Waals surface area contributed by atoms with Gasteiger partial charge >= 0.3 is 0 Å². The van der Waals surface area contributed by atoms with Gasteiger partial charge < -0.3 is 0 Å². The standard InChI is InChI=1S/C21H26O/c1-5-6-16-7-9-17(10-8-16)18-11-13-19(14-12-18)20(22)15-21(2,3)4/h7-14H,5-6,15H2,1-4H3. The Labute approximate surface area is 134 Å². The molecule has 0 spiro atoms. The van der Waals surface area contributed by atoms with Crippen molar-refractivity contribution >= 4 is 5.78 Å². The van der Waals surface area contributed by atoms with Gasteiger partial charge in [0, 0.05) is 12.0 Å². The topological polar surface area (TPSA) is 17.1 Å². The minimum absolute atomic E-state index is 0.0326. The molecule has 0 saturated heterocycles. The SMILES string of the molecule is CCCc1ccc(-c2ccc(C(=O)CC(C)(C)C)cc2)cc1. The average Bonchev–Trinajstić information content (AvgIpc) is 2.47. The number of carbonyl (C=O) groups is 1. The summed E-state index contributed by atoms with van der Waals surface area (Å²) >= 11 is 0. The summed E-state index contributed by atoms with van der Waals surface area (Å²) in [7, 11) is 0. The number of rotatable bonds is 5. The van der Waals surface area contributed by atoms with Gasteiger partial charge in [-0.3, -0.25) is 4.79 Å². The van der Waals surface area contributed by atoms with Gasteiger partial charge in [-0.1, -0.05) is 82.6 Å². The summed E-state index contributed by atoms with van der Waals surface area (Å²) in [6.07, 6.45) is 2.88. The quantitative estimate of drug-likeness (QED) is 0.625. The van der Waals surface area contributed by atoms with Crippen molar-refractivity contribution in [2.75, 3.05) is 0 Å². The highest BCUT2D eigenvalue weighted by atomic mass is 16.1. The summed E-state index contributed by atoms with van der Waals surface area (Å²) in [5.74, 6) is 0.220. The summed E-state index contributed by atoms with van der Waals surface area (Å²) in [5, 5.41) is 0. The molecule has 0 N–H and O–H groups in total. The van der Waals surface area contributed by atoms with Crippen LogP contribution in [0, 0.1) is 5.41 Å². The number of hydrogen-bond donors (Lipinski definition) is 0. The number of ketones is 1. The van der Waals surface area contributed by atoms with E-state index in [1.807, 2.05) is 24.3 Å². The van der Waals surface area contributed by atoms with Gasteiger partial charge in [0.05, 0.1) is 0 Å². The molecule has 0 saturated carbocycles. The molecule has 0 unspecified atom stereocenters. The number of hydrogen-bond acceptors (Lipinski definition) is 1. The lowest BCUT2D eigenvalue weighted by Gasteiger charge is -2.16. The van der Waals surface area contributed by atoms with E-state index < -0.39 is 0 Å². The van der Waals surface area contributed by atoms with Crippen LogP contribution in [-0.2, 0) is 6.42 Å². The molecule has 116 valence electrons. The van der Waals surface area contributed by atoms with Crippen molar-refractivity contribution in [3.63, 3.8) is 0 Å². The summed E-state index contributed by atoms with van der Waals surface area (Å²) in [4.78, 5) is 12.2. The van der Waals surface area contributed by atoms with Crippen LogP contribution in [0.25, 0.3) is 11.1 Å². The van der Waals surface area contributed by atoms with Gasteiger partial charge in [-0.15, -0.1) is 0 Å². The second kappa shape index (κ2) is 6.91. The molecule has 1 nitrogen and oxygen atoms in total. The molecule has 2 aromatic rings. The van der Waals surface area contributed by atoms with Crippen LogP contribution in [0.4, 0.5) is 0 Å². The first-order valence-electron chi connectivity index (χ1n) is 8.11. The molecule has 0 aliphatic heterocycles. The number of aryl methyl sites for hydroxylation is 1. The van der Waals surface area contributed by atoms with Gasteiger partial charge in [-0.05, 0) is 28.5 Å². The third-order valence-corrected chi connectivity index (χ3v) is 3.72. The first-order valence-corrected chi connectivity index (χ1v) is 8.11. The van der Waals surface area contributed by atoms with E-state index in [0.717, 1.165) is 17.5 Å². The van der Waals surface area contributed by atoms with Crippen molar-refractivity contribution in [1.29, 1.82) is 0 Å². The molecule has 2 aromatic carbocycles. The van der Waals surface area contributed by atoms with Crippen LogP contribution in [0.2, 0.25) is 0 Å². The van der Waals surface area contributed by atoms with Crippen LogP contribution >= 0.6 is 0 Å². The van der Waals surface area contributed by atoms with Gasteiger partial charge in [0.1, 0.15) is 0 Å². The maximum Gasteiger partial charge on any atom is 0.163 e. The fraction of sp³-hybridized carbons (Fsp3) is 0.381. The molecule has 0 aliphatic carbocycles. The zero-order valence-electron chi connectivity index (χ0n) is 14.1. The maximum absolute atomic E-state index is 12.2. The van der Waals surface area contributed by atoms with Gasteiger partial charge in [0.15, 0.2) is 5.78 Å². The molecule has 2 rings (SSSR count). The normalized spacial score (nSPS) is 11.5. The zero-order valence-corrected chi connectivity index (χ0v) is 14.1. The molecular weight excluding hydrogens is 268 g/mol. The Morgan fingerprint density at radius 3 is 1.82 bits per heavy atom. The molecule has 22 heavy (non-hydrogen) atoms. The Morgan fingerprint density at radius 1 is 0.864 bits per heavy atom. The van der Waals surface area contributed by atoms with Crippen molar-refractivity contribution in [3.8, 4) is 11.1 Å². The van der Waals surface area contributed by atoms with E-state index in [0.29, 0.717) is 6.42 Å². The lowest BCUT2D eigenvalue weighted by molar-refractivity contribution is 0.0940. The summed E-state index contributed by atoms with van der Waals surface area (Å²) in [6, 6.07) is 16.7. The predicted octanol–water partition coefficient (Wildman–Crippen LogP) is 5.93. The third-order valence-electron chi connectivity index (χ3n) is 3.72. The number of Topliss-reactive ketones (excluding diaryl/α,β-unsaturated/α-hetero) is 1. The van der Waals surface area contributed by atoms with Crippen LogP contribution < -0.4 is 0 Å². The summed E-state index contributed by atoms with van der Waals surface area (Å²) < 4.78 is 0. The van der Waals surface area contributed by atoms with E-state index in [1.165, 1.54) is 17.5 Å². The molecule has 0 atom stereocenters. The lowest BCUT2D eigenvalue weighted by atomic mass is 9.87. The molecule has 0 aromatic heterocycles. The maximum atomic E-state index is 12.2. The Bertz CT molecular complexity index is 612. The van der Waals surface area contributed by atoms with Crippen LogP contribution in [0.5, 0.6) is 0 Å². The van der Waals surface area contributed by atoms with Crippen LogP contribution in [0.15, 0.2) is 48.5 Å². The molecule has 0 radical (unpaired) electrons. The molecular formula is C21H26O. The number of carbonyl (C=O) groups excluding carboxylic acids is 1. The van der Waals surface area contributed by atoms with E-state index in [9.17, 15) is 4.79 Å². The first kappa shape index (κ1) is 16.5. The minimum Gasteiger partial charge on any atom is -0.294 e. The molecule has 0 bridgehead atoms. The molecule has 0 amide bonds. The monoisotopic (exact) mass is 294 g/mol. The highest BCUT2D eigenvalue weighted by Gasteiger charge is 2.17. The van der Waals surface area contributed by atoms with E-state index in [2.05, 4.69) is 52.0 Å². The van der Waals surface area contributed by atoms with Gasteiger partial charge in [0.2, 0.25) is 0 Å². The van der Waals surface area contributed by atoms with E-state index in [4.69, 9.17) is 0 Å². The Hall–Kier alpha value is -1.89. The van der Waals surface area contributed by atoms with Crippen molar-refractivity contribution in [2.45, 2.75) is 47.0 Å². The van der Waals surface area contributed by atoms with E-state index >= 15 is 0 Å². The predicted molar refractivity (Wildman–Crippen MR) is 94.3 cm³/mol.